The molecule has 1 aromatic heterocycles. The van der Waals surface area contributed by atoms with Gasteiger partial charge in [0.25, 0.3) is 0 Å². The third kappa shape index (κ3) is 2.98. The highest BCUT2D eigenvalue weighted by Gasteiger charge is 2.25. The van der Waals surface area contributed by atoms with E-state index < -0.39 is 0 Å². The number of hydrogen-bond donors (Lipinski definition) is 1. The smallest absolute Gasteiger partial charge is 0.324 e. The molecule has 1 saturated heterocycles. The summed E-state index contributed by atoms with van der Waals surface area (Å²) in [6.07, 6.45) is 0. The van der Waals surface area contributed by atoms with Gasteiger partial charge in [0.2, 0.25) is 5.91 Å². The van der Waals surface area contributed by atoms with Crippen molar-refractivity contribution in [3.05, 3.63) is 17.6 Å². The molecular weight excluding hydrogens is 252 g/mol. The number of aryl methyl sites for hydroxylation is 2. The van der Waals surface area contributed by atoms with Crippen LogP contribution in [0.2, 0.25) is 0 Å². The molecule has 0 unspecified atom stereocenters. The molecule has 7 heteroatoms. The van der Waals surface area contributed by atoms with Crippen molar-refractivity contribution in [2.45, 2.75) is 18.9 Å². The number of amides is 3. The van der Waals surface area contributed by atoms with Crippen LogP contribution < -0.4 is 5.32 Å². The van der Waals surface area contributed by atoms with Gasteiger partial charge in [0.15, 0.2) is 0 Å². The summed E-state index contributed by atoms with van der Waals surface area (Å²) in [5.41, 5.74) is 0.872. The molecule has 1 aliphatic heterocycles. The Morgan fingerprint density at radius 1 is 1.50 bits per heavy atom. The van der Waals surface area contributed by atoms with Crippen molar-refractivity contribution in [3.63, 3.8) is 0 Å². The van der Waals surface area contributed by atoms with Gasteiger partial charge in [-0.1, -0.05) is 11.8 Å². The van der Waals surface area contributed by atoms with E-state index in [2.05, 4.69) is 15.3 Å². The number of thioether (sulfide) groups is 1. The highest BCUT2D eigenvalue weighted by molar-refractivity contribution is 7.99. The molecule has 0 bridgehead atoms. The van der Waals surface area contributed by atoms with Crippen molar-refractivity contribution < 1.29 is 9.59 Å². The minimum atomic E-state index is -0.310. The largest absolute Gasteiger partial charge is 0.336 e. The number of imide groups is 1. The lowest BCUT2D eigenvalue weighted by Gasteiger charge is -2.11. The lowest BCUT2D eigenvalue weighted by molar-refractivity contribution is -0.124. The van der Waals surface area contributed by atoms with Gasteiger partial charge in [-0.2, -0.15) is 0 Å². The number of nitrogens with one attached hydrogen (secondary N) is 1. The van der Waals surface area contributed by atoms with Gasteiger partial charge >= 0.3 is 6.03 Å². The van der Waals surface area contributed by atoms with Gasteiger partial charge in [0.05, 0.1) is 5.75 Å². The van der Waals surface area contributed by atoms with Crippen LogP contribution in [-0.2, 0) is 4.79 Å². The molecule has 2 rings (SSSR count). The summed E-state index contributed by atoms with van der Waals surface area (Å²) in [6.45, 7) is 4.67. The molecule has 0 radical (unpaired) electrons. The Morgan fingerprint density at radius 2 is 2.28 bits per heavy atom. The summed E-state index contributed by atoms with van der Waals surface area (Å²) in [6, 6.07) is 1.52. The van der Waals surface area contributed by atoms with Crippen LogP contribution in [0.5, 0.6) is 0 Å². The molecule has 18 heavy (non-hydrogen) atoms. The molecular formula is C11H14N4O2S. The highest BCUT2D eigenvalue weighted by atomic mass is 32.2. The Bertz CT molecular complexity index is 472. The topological polar surface area (TPSA) is 75.2 Å². The van der Waals surface area contributed by atoms with Crippen molar-refractivity contribution in [2.24, 2.45) is 0 Å². The van der Waals surface area contributed by atoms with Gasteiger partial charge in [0, 0.05) is 18.8 Å². The second kappa shape index (κ2) is 5.34. The first-order valence-corrected chi connectivity index (χ1v) is 6.58. The Balaban J connectivity index is 1.95. The number of carbonyl (C=O) groups excluding carboxylic acids is 2. The van der Waals surface area contributed by atoms with E-state index in [0.29, 0.717) is 18.9 Å². The average Bonchev–Trinajstić information content (AvgIpc) is 2.71. The van der Waals surface area contributed by atoms with E-state index in [1.165, 1.54) is 16.7 Å². The van der Waals surface area contributed by atoms with E-state index in [0.717, 1.165) is 10.7 Å². The normalized spacial score (nSPS) is 14.8. The quantitative estimate of drug-likeness (QED) is 0.645. The van der Waals surface area contributed by atoms with Crippen LogP contribution in [-0.4, -0.2) is 45.6 Å². The molecule has 0 saturated carbocycles. The van der Waals surface area contributed by atoms with Gasteiger partial charge in [-0.25, -0.2) is 14.8 Å². The molecule has 0 atom stereocenters. The van der Waals surface area contributed by atoms with Gasteiger partial charge in [-0.15, -0.1) is 0 Å². The van der Waals surface area contributed by atoms with Crippen molar-refractivity contribution in [2.75, 3.05) is 18.8 Å². The van der Waals surface area contributed by atoms with E-state index in [4.69, 9.17) is 0 Å². The van der Waals surface area contributed by atoms with Gasteiger partial charge in [-0.3, -0.25) is 9.69 Å². The van der Waals surface area contributed by atoms with Crippen LogP contribution in [0, 0.1) is 13.8 Å². The van der Waals surface area contributed by atoms with E-state index in [1.807, 2.05) is 19.9 Å². The highest BCUT2D eigenvalue weighted by Crippen LogP contribution is 2.17. The monoisotopic (exact) mass is 266 g/mol. The SMILES string of the molecule is Cc1cc(SCC(=O)N2CCNC2=O)nc(C)n1. The van der Waals surface area contributed by atoms with Crippen LogP contribution in [0.1, 0.15) is 11.5 Å². The van der Waals surface area contributed by atoms with Gasteiger partial charge in [-0.05, 0) is 19.9 Å². The minimum Gasteiger partial charge on any atom is -0.336 e. The fourth-order valence-electron chi connectivity index (χ4n) is 1.68. The van der Waals surface area contributed by atoms with Crippen LogP contribution in [0.15, 0.2) is 11.1 Å². The Labute approximate surface area is 109 Å². The molecule has 0 aliphatic carbocycles. The number of hydrogen-bond acceptors (Lipinski definition) is 5. The fourth-order valence-corrected chi connectivity index (χ4v) is 2.56. The zero-order valence-corrected chi connectivity index (χ0v) is 11.1. The summed E-state index contributed by atoms with van der Waals surface area (Å²) in [5, 5.41) is 3.36. The van der Waals surface area contributed by atoms with E-state index in [-0.39, 0.29) is 17.7 Å². The number of carbonyl (C=O) groups is 2. The summed E-state index contributed by atoms with van der Waals surface area (Å²) < 4.78 is 0. The third-order valence-electron chi connectivity index (χ3n) is 2.44. The zero-order valence-electron chi connectivity index (χ0n) is 10.3. The summed E-state index contributed by atoms with van der Waals surface area (Å²) in [4.78, 5) is 32.7. The molecule has 2 heterocycles. The summed E-state index contributed by atoms with van der Waals surface area (Å²) in [5.74, 6) is 0.705. The van der Waals surface area contributed by atoms with Crippen LogP contribution >= 0.6 is 11.8 Å². The maximum Gasteiger partial charge on any atom is 0.324 e. The standard InChI is InChI=1S/C11H14N4O2S/c1-7-5-9(14-8(2)13-7)18-6-10(16)15-4-3-12-11(15)17/h5H,3-4,6H2,1-2H3,(H,12,17). The molecule has 0 spiro atoms. The van der Waals surface area contributed by atoms with Crippen molar-refractivity contribution in [1.29, 1.82) is 0 Å². The summed E-state index contributed by atoms with van der Waals surface area (Å²) in [7, 11) is 0. The molecule has 1 aliphatic rings. The van der Waals surface area contributed by atoms with Crippen molar-refractivity contribution >= 4 is 23.7 Å². The molecule has 1 aromatic rings. The zero-order chi connectivity index (χ0) is 13.1. The molecule has 6 nitrogen and oxygen atoms in total. The fraction of sp³-hybridized carbons (Fsp3) is 0.455. The Kier molecular flexibility index (Phi) is 3.81. The minimum absolute atomic E-state index is 0.191. The molecule has 0 aromatic carbocycles. The number of aromatic nitrogens is 2. The van der Waals surface area contributed by atoms with Crippen molar-refractivity contribution in [1.82, 2.24) is 20.2 Å². The van der Waals surface area contributed by atoms with Crippen LogP contribution in [0.4, 0.5) is 4.79 Å². The second-order valence-electron chi connectivity index (χ2n) is 3.96. The predicted molar refractivity (Wildman–Crippen MR) is 67.3 cm³/mol. The molecule has 1 N–H and O–H groups in total. The predicted octanol–water partition coefficient (Wildman–Crippen LogP) is 0.737. The van der Waals surface area contributed by atoms with Crippen LogP contribution in [0.25, 0.3) is 0 Å². The van der Waals surface area contributed by atoms with Crippen LogP contribution in [0.3, 0.4) is 0 Å². The second-order valence-corrected chi connectivity index (χ2v) is 4.96. The van der Waals surface area contributed by atoms with Gasteiger partial charge in [0.1, 0.15) is 10.9 Å². The number of rotatable bonds is 3. The lowest BCUT2D eigenvalue weighted by Crippen LogP contribution is -2.35. The average molecular weight is 266 g/mol. The third-order valence-corrected chi connectivity index (χ3v) is 3.34. The maximum atomic E-state index is 11.8. The maximum absolute atomic E-state index is 11.8. The van der Waals surface area contributed by atoms with E-state index in [9.17, 15) is 9.59 Å². The van der Waals surface area contributed by atoms with Gasteiger partial charge < -0.3 is 5.32 Å². The molecule has 96 valence electrons. The molecule has 3 amide bonds. The number of urea groups is 1. The first-order chi connectivity index (χ1) is 8.56. The van der Waals surface area contributed by atoms with E-state index >= 15 is 0 Å². The number of nitrogens with zero attached hydrogens (tertiary/aromatic N) is 3. The van der Waals surface area contributed by atoms with E-state index in [1.54, 1.807) is 0 Å². The Morgan fingerprint density at radius 3 is 2.89 bits per heavy atom. The Hall–Kier alpha value is -1.63. The first kappa shape index (κ1) is 12.8. The first-order valence-electron chi connectivity index (χ1n) is 5.59. The van der Waals surface area contributed by atoms with Crippen molar-refractivity contribution in [3.8, 4) is 0 Å². The lowest BCUT2D eigenvalue weighted by atomic mass is 10.4. The summed E-state index contributed by atoms with van der Waals surface area (Å²) >= 11 is 1.32. The molecule has 1 fully saturated rings.